The fraction of sp³-hybridized carbons (Fsp3) is 0.600. The summed E-state index contributed by atoms with van der Waals surface area (Å²) in [6.45, 7) is 5.33. The van der Waals surface area contributed by atoms with E-state index < -0.39 is 17.7 Å². The van der Waals surface area contributed by atoms with Gasteiger partial charge in [-0.15, -0.1) is 0 Å². The molecule has 2 heterocycles. The number of rotatable bonds is 5. The third-order valence-electron chi connectivity index (χ3n) is 6.07. The molecule has 0 saturated carbocycles. The number of hydrogen-bond donors (Lipinski definition) is 3. The van der Waals surface area contributed by atoms with Crippen molar-refractivity contribution in [2.24, 2.45) is 0 Å². The van der Waals surface area contributed by atoms with Crippen LogP contribution in [0.25, 0.3) is 0 Å². The van der Waals surface area contributed by atoms with Gasteiger partial charge >= 0.3 is 6.03 Å². The first-order valence-electron chi connectivity index (χ1n) is 9.83. The highest BCUT2D eigenvalue weighted by Gasteiger charge is 2.49. The largest absolute Gasteiger partial charge is 0.385 e. The highest BCUT2D eigenvalue weighted by atomic mass is 16.5. The van der Waals surface area contributed by atoms with Gasteiger partial charge < -0.3 is 20.1 Å². The molecule has 7 heteroatoms. The van der Waals surface area contributed by atoms with Gasteiger partial charge in [-0.05, 0) is 42.9 Å². The Kier molecular flexibility index (Phi) is 4.92. The fourth-order valence-electron chi connectivity index (χ4n) is 4.41. The van der Waals surface area contributed by atoms with Crippen LogP contribution in [0.15, 0.2) is 18.2 Å². The fourth-order valence-corrected chi connectivity index (χ4v) is 4.41. The Bertz CT molecular complexity index is 747. The number of quaternary nitrogens is 1. The Morgan fingerprint density at radius 2 is 2.00 bits per heavy atom. The first-order valence-corrected chi connectivity index (χ1v) is 9.83. The number of carbonyl (C=O) groups excluding carboxylic acids is 2. The van der Waals surface area contributed by atoms with Gasteiger partial charge in [-0.25, -0.2) is 4.79 Å². The van der Waals surface area contributed by atoms with E-state index in [2.05, 4.69) is 17.4 Å². The molecular weight excluding hydrogens is 346 g/mol. The Morgan fingerprint density at radius 3 is 2.78 bits per heavy atom. The molecule has 3 aliphatic rings. The summed E-state index contributed by atoms with van der Waals surface area (Å²) in [6.07, 6.45) is 2.49. The summed E-state index contributed by atoms with van der Waals surface area (Å²) in [7, 11) is 0. The second-order valence-corrected chi connectivity index (χ2v) is 8.03. The van der Waals surface area contributed by atoms with Gasteiger partial charge in [0.2, 0.25) is 0 Å². The Balaban J connectivity index is 1.46. The number of fused-ring (bicyclic) bond motifs is 1. The number of ether oxygens (including phenoxy) is 1. The number of morpholine rings is 1. The number of nitrogens with one attached hydrogen (secondary N) is 2. The van der Waals surface area contributed by atoms with E-state index in [-0.39, 0.29) is 12.5 Å². The molecule has 146 valence electrons. The maximum Gasteiger partial charge on any atom is 0.325 e. The molecule has 1 aliphatic carbocycles. The molecule has 2 saturated heterocycles. The number of carbonyl (C=O) groups is 2. The number of urea groups is 1. The first-order chi connectivity index (χ1) is 13.0. The SMILES string of the molecule is C[C@]1(c2ccc3c(c2)CCC3)NC(=O)N(C[C@H](O)C[NH+]2CCOCC2)C1=O. The topological polar surface area (TPSA) is 83.3 Å². The number of imide groups is 1. The minimum absolute atomic E-state index is 0.0234. The third kappa shape index (κ3) is 3.47. The number of benzene rings is 1. The molecule has 0 unspecified atom stereocenters. The maximum atomic E-state index is 13.1. The van der Waals surface area contributed by atoms with Gasteiger partial charge in [0.1, 0.15) is 31.3 Å². The van der Waals surface area contributed by atoms with Gasteiger partial charge in [-0.3, -0.25) is 9.69 Å². The second-order valence-electron chi connectivity index (χ2n) is 8.03. The van der Waals surface area contributed by atoms with Crippen LogP contribution < -0.4 is 10.2 Å². The Labute approximate surface area is 159 Å². The van der Waals surface area contributed by atoms with Crippen LogP contribution in [-0.4, -0.2) is 67.4 Å². The van der Waals surface area contributed by atoms with Gasteiger partial charge in [-0.2, -0.15) is 0 Å². The highest BCUT2D eigenvalue weighted by Crippen LogP contribution is 2.32. The van der Waals surface area contributed by atoms with Crippen molar-refractivity contribution in [1.82, 2.24) is 10.2 Å². The lowest BCUT2D eigenvalue weighted by Crippen LogP contribution is -3.15. The summed E-state index contributed by atoms with van der Waals surface area (Å²) in [5, 5.41) is 13.3. The van der Waals surface area contributed by atoms with Crippen molar-refractivity contribution in [3.8, 4) is 0 Å². The van der Waals surface area contributed by atoms with Crippen LogP contribution in [0.2, 0.25) is 0 Å². The lowest BCUT2D eigenvalue weighted by Gasteiger charge is -2.27. The summed E-state index contributed by atoms with van der Waals surface area (Å²) in [6, 6.07) is 5.64. The van der Waals surface area contributed by atoms with Crippen molar-refractivity contribution in [3.63, 3.8) is 0 Å². The van der Waals surface area contributed by atoms with Gasteiger partial charge in [0.15, 0.2) is 0 Å². The zero-order valence-corrected chi connectivity index (χ0v) is 15.8. The van der Waals surface area contributed by atoms with E-state index in [9.17, 15) is 14.7 Å². The molecule has 0 bridgehead atoms. The van der Waals surface area contributed by atoms with Crippen LogP contribution in [0.4, 0.5) is 4.79 Å². The van der Waals surface area contributed by atoms with Crippen molar-refractivity contribution in [2.75, 3.05) is 39.4 Å². The van der Waals surface area contributed by atoms with Gasteiger partial charge in [0.25, 0.3) is 5.91 Å². The molecular formula is C20H28N3O4+. The number of aliphatic hydroxyl groups excluding tert-OH is 1. The normalized spacial score (nSPS) is 27.0. The number of aliphatic hydroxyl groups is 1. The van der Waals surface area contributed by atoms with Crippen LogP contribution >= 0.6 is 0 Å². The zero-order valence-electron chi connectivity index (χ0n) is 15.8. The van der Waals surface area contributed by atoms with Crippen LogP contribution in [0.1, 0.15) is 30.0 Å². The lowest BCUT2D eigenvalue weighted by atomic mass is 9.89. The quantitative estimate of drug-likeness (QED) is 0.591. The molecule has 7 nitrogen and oxygen atoms in total. The lowest BCUT2D eigenvalue weighted by molar-refractivity contribution is -0.910. The summed E-state index contributed by atoms with van der Waals surface area (Å²) >= 11 is 0. The van der Waals surface area contributed by atoms with E-state index in [1.165, 1.54) is 16.0 Å². The van der Waals surface area contributed by atoms with E-state index in [4.69, 9.17) is 4.74 Å². The van der Waals surface area contributed by atoms with E-state index in [0.717, 1.165) is 42.8 Å². The minimum atomic E-state index is -1.07. The smallest absolute Gasteiger partial charge is 0.325 e. The summed E-state index contributed by atoms with van der Waals surface area (Å²) in [4.78, 5) is 28.0. The number of hydrogen-bond acceptors (Lipinski definition) is 4. The predicted molar refractivity (Wildman–Crippen MR) is 98.5 cm³/mol. The number of aryl methyl sites for hydroxylation is 2. The van der Waals surface area contributed by atoms with Crippen molar-refractivity contribution < 1.29 is 24.3 Å². The number of β-amino-alcohol motifs (C(OH)–C–C–N with tert-alkyl or cyclic N) is 1. The molecule has 3 N–H and O–H groups in total. The summed E-state index contributed by atoms with van der Waals surface area (Å²) in [5.41, 5.74) is 2.35. The van der Waals surface area contributed by atoms with Crippen molar-refractivity contribution in [3.05, 3.63) is 34.9 Å². The van der Waals surface area contributed by atoms with E-state index in [0.29, 0.717) is 19.8 Å². The molecule has 1 aromatic carbocycles. The van der Waals surface area contributed by atoms with Gasteiger partial charge in [-0.1, -0.05) is 18.2 Å². The van der Waals surface area contributed by atoms with E-state index in [1.807, 2.05) is 6.07 Å². The molecule has 0 aromatic heterocycles. The first kappa shape index (κ1) is 18.4. The van der Waals surface area contributed by atoms with Crippen LogP contribution in [-0.2, 0) is 27.9 Å². The van der Waals surface area contributed by atoms with Crippen LogP contribution in [0, 0.1) is 0 Å². The third-order valence-corrected chi connectivity index (χ3v) is 6.07. The van der Waals surface area contributed by atoms with Crippen molar-refractivity contribution in [1.29, 1.82) is 0 Å². The average Bonchev–Trinajstić information content (AvgIpc) is 3.21. The number of nitrogens with zero attached hydrogens (tertiary/aromatic N) is 1. The van der Waals surface area contributed by atoms with Crippen LogP contribution in [0.5, 0.6) is 0 Å². The van der Waals surface area contributed by atoms with Gasteiger partial charge in [0.05, 0.1) is 19.8 Å². The molecule has 2 aliphatic heterocycles. The summed E-state index contributed by atoms with van der Waals surface area (Å²) < 4.78 is 5.33. The van der Waals surface area contributed by atoms with Crippen LogP contribution in [0.3, 0.4) is 0 Å². The minimum Gasteiger partial charge on any atom is -0.385 e. The molecule has 2 atom stereocenters. The molecule has 4 rings (SSSR count). The molecule has 1 aromatic rings. The van der Waals surface area contributed by atoms with Crippen molar-refractivity contribution in [2.45, 2.75) is 37.8 Å². The van der Waals surface area contributed by atoms with E-state index in [1.54, 1.807) is 6.92 Å². The Hall–Kier alpha value is -1.96. The monoisotopic (exact) mass is 374 g/mol. The Morgan fingerprint density at radius 1 is 1.26 bits per heavy atom. The molecule has 2 fully saturated rings. The molecule has 27 heavy (non-hydrogen) atoms. The predicted octanol–water partition coefficient (Wildman–Crippen LogP) is -0.782. The van der Waals surface area contributed by atoms with Gasteiger partial charge in [0, 0.05) is 0 Å². The number of amides is 3. The van der Waals surface area contributed by atoms with Crippen molar-refractivity contribution >= 4 is 11.9 Å². The molecule has 0 radical (unpaired) electrons. The van der Waals surface area contributed by atoms with E-state index >= 15 is 0 Å². The average molecular weight is 374 g/mol. The molecule has 0 spiro atoms. The standard InChI is InChI=1S/C20H27N3O4/c1-20(16-6-5-14-3-2-4-15(14)11-16)18(25)23(19(26)21-20)13-17(24)12-22-7-9-27-10-8-22/h5-6,11,17,24H,2-4,7-10,12-13H2,1H3,(H,21,26)/p+1/t17-,20-/m1/s1. The summed E-state index contributed by atoms with van der Waals surface area (Å²) in [5.74, 6) is -0.290. The zero-order chi connectivity index (χ0) is 19.0. The molecule has 3 amide bonds. The highest BCUT2D eigenvalue weighted by molar-refractivity contribution is 6.07. The second kappa shape index (κ2) is 7.22. The maximum absolute atomic E-state index is 13.1.